The second kappa shape index (κ2) is 8.20. The van der Waals surface area contributed by atoms with Crippen molar-refractivity contribution < 1.29 is 5.11 Å². The van der Waals surface area contributed by atoms with Crippen LogP contribution in [0.4, 0.5) is 0 Å². The van der Waals surface area contributed by atoms with Gasteiger partial charge in [-0.15, -0.1) is 0 Å². The molecule has 2 unspecified atom stereocenters. The van der Waals surface area contributed by atoms with Gasteiger partial charge in [0.15, 0.2) is 0 Å². The van der Waals surface area contributed by atoms with Crippen LogP contribution in [0.5, 0.6) is 0 Å². The van der Waals surface area contributed by atoms with Crippen molar-refractivity contribution in [3.63, 3.8) is 0 Å². The normalized spacial score (nSPS) is 25.4. The van der Waals surface area contributed by atoms with Crippen molar-refractivity contribution in [1.29, 1.82) is 0 Å². The molecule has 0 aromatic rings. The summed E-state index contributed by atoms with van der Waals surface area (Å²) in [5.74, 6) is 0. The van der Waals surface area contributed by atoms with Crippen LogP contribution in [0.1, 0.15) is 40.0 Å². The predicted octanol–water partition coefficient (Wildman–Crippen LogP) is 1.15. The van der Waals surface area contributed by atoms with Gasteiger partial charge in [0, 0.05) is 31.2 Å². The van der Waals surface area contributed by atoms with Crippen LogP contribution >= 0.6 is 0 Å². The Morgan fingerprint density at radius 2 is 2.11 bits per heavy atom. The molecule has 0 bridgehead atoms. The molecule has 2 N–H and O–H groups in total. The number of aliphatic hydroxyl groups is 1. The lowest BCUT2D eigenvalue weighted by Crippen LogP contribution is -2.51. The van der Waals surface area contributed by atoms with E-state index in [-0.39, 0.29) is 12.1 Å². The smallest absolute Gasteiger partial charge is 0.0610 e. The van der Waals surface area contributed by atoms with Crippen LogP contribution in [-0.4, -0.2) is 72.9 Å². The van der Waals surface area contributed by atoms with Crippen LogP contribution in [0, 0.1) is 0 Å². The Morgan fingerprint density at radius 3 is 2.68 bits per heavy atom. The van der Waals surface area contributed by atoms with Crippen molar-refractivity contribution in [2.45, 2.75) is 51.6 Å². The first-order valence-electron chi connectivity index (χ1n) is 7.79. The summed E-state index contributed by atoms with van der Waals surface area (Å²) in [7, 11) is 2.20. The monoisotopic (exact) mass is 271 g/mol. The zero-order valence-corrected chi connectivity index (χ0v) is 13.3. The molecule has 4 heteroatoms. The summed E-state index contributed by atoms with van der Waals surface area (Å²) in [4.78, 5) is 4.99. The molecule has 1 heterocycles. The maximum Gasteiger partial charge on any atom is 0.0610 e. The number of hydrogen-bond donors (Lipinski definition) is 2. The van der Waals surface area contributed by atoms with Gasteiger partial charge >= 0.3 is 0 Å². The minimum absolute atomic E-state index is 0.105. The molecule has 4 nitrogen and oxygen atoms in total. The molecular formula is C15H33N3O. The first-order valence-corrected chi connectivity index (χ1v) is 7.79. The fraction of sp³-hybridized carbons (Fsp3) is 1.00. The van der Waals surface area contributed by atoms with Gasteiger partial charge in [-0.1, -0.05) is 6.92 Å². The average Bonchev–Trinajstić information content (AvgIpc) is 2.39. The Bertz CT molecular complexity index is 250. The zero-order valence-electron chi connectivity index (χ0n) is 13.3. The lowest BCUT2D eigenvalue weighted by atomic mass is 9.96. The molecule has 0 aliphatic carbocycles. The molecule has 1 aliphatic rings. The molecule has 1 saturated heterocycles. The summed E-state index contributed by atoms with van der Waals surface area (Å²) in [6, 6.07) is 0.655. The number of aliphatic hydroxyl groups excluding tert-OH is 1. The lowest BCUT2D eigenvalue weighted by molar-refractivity contribution is 0.0919. The number of hydrogen-bond acceptors (Lipinski definition) is 4. The van der Waals surface area contributed by atoms with Crippen molar-refractivity contribution in [2.75, 3.05) is 46.4 Å². The number of nitrogens with zero attached hydrogens (tertiary/aromatic N) is 2. The number of nitrogens with one attached hydrogen (secondary N) is 1. The summed E-state index contributed by atoms with van der Waals surface area (Å²) < 4.78 is 0. The van der Waals surface area contributed by atoms with Crippen LogP contribution in [0.3, 0.4) is 0 Å². The van der Waals surface area contributed by atoms with Gasteiger partial charge < -0.3 is 15.3 Å². The average molecular weight is 271 g/mol. The molecular weight excluding hydrogens is 238 g/mol. The Kier molecular flexibility index (Phi) is 7.29. The summed E-state index contributed by atoms with van der Waals surface area (Å²) in [6.07, 6.45) is 3.31. The van der Waals surface area contributed by atoms with Crippen molar-refractivity contribution in [1.82, 2.24) is 15.1 Å². The van der Waals surface area contributed by atoms with Gasteiger partial charge in [0.1, 0.15) is 0 Å². The summed E-state index contributed by atoms with van der Waals surface area (Å²) in [5, 5.41) is 13.0. The van der Waals surface area contributed by atoms with Gasteiger partial charge in [-0.25, -0.2) is 0 Å². The highest BCUT2D eigenvalue weighted by atomic mass is 16.3. The Balaban J connectivity index is 2.28. The fourth-order valence-corrected chi connectivity index (χ4v) is 2.83. The van der Waals surface area contributed by atoms with Crippen LogP contribution in [-0.2, 0) is 0 Å². The second-order valence-corrected chi connectivity index (χ2v) is 6.40. The third-order valence-corrected chi connectivity index (χ3v) is 4.29. The van der Waals surface area contributed by atoms with E-state index in [1.807, 2.05) is 0 Å². The lowest BCUT2D eigenvalue weighted by Gasteiger charge is -2.39. The van der Waals surface area contributed by atoms with Crippen LogP contribution in [0.25, 0.3) is 0 Å². The Morgan fingerprint density at radius 1 is 1.37 bits per heavy atom. The molecule has 1 fully saturated rings. The Labute approximate surface area is 119 Å². The number of piperazine rings is 1. The third kappa shape index (κ3) is 5.78. The number of rotatable bonds is 8. The largest absolute Gasteiger partial charge is 0.394 e. The molecule has 0 amide bonds. The maximum absolute atomic E-state index is 9.55. The first kappa shape index (κ1) is 16.9. The molecule has 2 atom stereocenters. The van der Waals surface area contributed by atoms with E-state index in [1.165, 1.54) is 19.6 Å². The highest BCUT2D eigenvalue weighted by molar-refractivity contribution is 4.83. The molecule has 0 aromatic carbocycles. The van der Waals surface area contributed by atoms with Crippen molar-refractivity contribution >= 4 is 0 Å². The molecule has 1 aliphatic heterocycles. The highest BCUT2D eigenvalue weighted by Crippen LogP contribution is 2.15. The van der Waals surface area contributed by atoms with Crippen molar-refractivity contribution in [2.24, 2.45) is 0 Å². The van der Waals surface area contributed by atoms with E-state index in [1.54, 1.807) is 0 Å². The van der Waals surface area contributed by atoms with E-state index in [4.69, 9.17) is 0 Å². The molecule has 0 radical (unpaired) electrons. The molecule has 114 valence electrons. The molecule has 1 rings (SSSR count). The molecule has 0 saturated carbocycles. The van der Waals surface area contributed by atoms with Crippen LogP contribution < -0.4 is 5.32 Å². The molecule has 0 spiro atoms. The Hall–Kier alpha value is -0.160. The second-order valence-electron chi connectivity index (χ2n) is 6.40. The fourth-order valence-electron chi connectivity index (χ4n) is 2.83. The molecule has 0 aromatic heterocycles. The maximum atomic E-state index is 9.55. The number of likely N-dealkylation sites (N-methyl/N-ethyl adjacent to an activating group) is 1. The SMILES string of the molecule is CCCNC(C)(CO)CCCN1CCN(C)CC1C. The van der Waals surface area contributed by atoms with Gasteiger partial charge in [-0.3, -0.25) is 4.90 Å². The van der Waals surface area contributed by atoms with Crippen LogP contribution in [0.15, 0.2) is 0 Å². The van der Waals surface area contributed by atoms with Gasteiger partial charge in [0.05, 0.1) is 6.61 Å². The van der Waals surface area contributed by atoms with E-state index in [0.717, 1.165) is 32.4 Å². The minimum Gasteiger partial charge on any atom is -0.394 e. The summed E-state index contributed by atoms with van der Waals surface area (Å²) in [6.45, 7) is 12.5. The van der Waals surface area contributed by atoms with Gasteiger partial charge in [-0.05, 0) is 53.2 Å². The quantitative estimate of drug-likeness (QED) is 0.695. The van der Waals surface area contributed by atoms with E-state index in [0.29, 0.717) is 6.04 Å². The standard InChI is InChI=1S/C15H33N3O/c1-5-8-16-15(3,13-19)7-6-9-18-11-10-17(4)12-14(18)2/h14,16,19H,5-13H2,1-4H3. The van der Waals surface area contributed by atoms with Crippen LogP contribution in [0.2, 0.25) is 0 Å². The topological polar surface area (TPSA) is 38.7 Å². The van der Waals surface area contributed by atoms with Gasteiger partial charge in [0.2, 0.25) is 0 Å². The van der Waals surface area contributed by atoms with Gasteiger partial charge in [-0.2, -0.15) is 0 Å². The minimum atomic E-state index is -0.105. The summed E-state index contributed by atoms with van der Waals surface area (Å²) >= 11 is 0. The third-order valence-electron chi connectivity index (χ3n) is 4.29. The van der Waals surface area contributed by atoms with E-state index in [2.05, 4.69) is 42.9 Å². The van der Waals surface area contributed by atoms with E-state index >= 15 is 0 Å². The summed E-state index contributed by atoms with van der Waals surface area (Å²) in [5.41, 5.74) is -0.105. The highest BCUT2D eigenvalue weighted by Gasteiger charge is 2.24. The van der Waals surface area contributed by atoms with Gasteiger partial charge in [0.25, 0.3) is 0 Å². The predicted molar refractivity (Wildman–Crippen MR) is 81.6 cm³/mol. The van der Waals surface area contributed by atoms with E-state index in [9.17, 15) is 5.11 Å². The van der Waals surface area contributed by atoms with E-state index < -0.39 is 0 Å². The zero-order chi connectivity index (χ0) is 14.3. The molecule has 19 heavy (non-hydrogen) atoms. The van der Waals surface area contributed by atoms with Crippen molar-refractivity contribution in [3.8, 4) is 0 Å². The first-order chi connectivity index (χ1) is 9.00. The van der Waals surface area contributed by atoms with Crippen molar-refractivity contribution in [3.05, 3.63) is 0 Å².